The van der Waals surface area contributed by atoms with Gasteiger partial charge in [0.2, 0.25) is 0 Å². The second kappa shape index (κ2) is 9.18. The van der Waals surface area contributed by atoms with E-state index in [0.29, 0.717) is 0 Å². The first-order valence-corrected chi connectivity index (χ1v) is 12.0. The van der Waals surface area contributed by atoms with Gasteiger partial charge < -0.3 is 9.53 Å². The molecule has 1 N–H and O–H groups in total. The van der Waals surface area contributed by atoms with Crippen LogP contribution in [0.1, 0.15) is 60.3 Å². The standard InChI is InChI=1S/C24H36O2Si/c1-23(2,3)27(21-15-9-6-10-16-21,22-17-11-7-12-18-22)26-20-14-8-13-19-24(4,5)25/h6-7,9-12,15-18,25H,8,13-14,19-20H2,1-5H3. The summed E-state index contributed by atoms with van der Waals surface area (Å²) in [7, 11) is -2.40. The Labute approximate surface area is 166 Å². The summed E-state index contributed by atoms with van der Waals surface area (Å²) < 4.78 is 6.87. The summed E-state index contributed by atoms with van der Waals surface area (Å²) in [6, 6.07) is 21.6. The van der Waals surface area contributed by atoms with Crippen LogP contribution in [0.2, 0.25) is 5.04 Å². The molecule has 2 aromatic rings. The molecule has 0 radical (unpaired) electrons. The number of rotatable bonds is 9. The van der Waals surface area contributed by atoms with Crippen LogP contribution in [-0.4, -0.2) is 25.6 Å². The van der Waals surface area contributed by atoms with Crippen LogP contribution >= 0.6 is 0 Å². The Morgan fingerprint density at radius 3 is 1.63 bits per heavy atom. The van der Waals surface area contributed by atoms with Gasteiger partial charge in [-0.05, 0) is 42.1 Å². The lowest BCUT2D eigenvalue weighted by Gasteiger charge is -2.43. The molecule has 3 heteroatoms. The van der Waals surface area contributed by atoms with E-state index < -0.39 is 13.9 Å². The molecular weight excluding hydrogens is 348 g/mol. The van der Waals surface area contributed by atoms with Gasteiger partial charge in [-0.3, -0.25) is 0 Å². The highest BCUT2D eigenvalue weighted by Crippen LogP contribution is 2.36. The molecule has 0 bridgehead atoms. The molecule has 27 heavy (non-hydrogen) atoms. The molecule has 0 aliphatic carbocycles. The quantitative estimate of drug-likeness (QED) is 0.492. The molecule has 2 nitrogen and oxygen atoms in total. The van der Waals surface area contributed by atoms with Gasteiger partial charge in [0.25, 0.3) is 8.32 Å². The summed E-state index contributed by atoms with van der Waals surface area (Å²) in [4.78, 5) is 0. The zero-order chi connectivity index (χ0) is 20.0. The van der Waals surface area contributed by atoms with Crippen molar-refractivity contribution in [2.24, 2.45) is 0 Å². The lowest BCUT2D eigenvalue weighted by atomic mass is 10.0. The Morgan fingerprint density at radius 2 is 1.22 bits per heavy atom. The average Bonchev–Trinajstić information content (AvgIpc) is 2.61. The van der Waals surface area contributed by atoms with E-state index in [2.05, 4.69) is 81.4 Å². The number of aliphatic hydroxyl groups is 1. The van der Waals surface area contributed by atoms with E-state index in [4.69, 9.17) is 4.43 Å². The van der Waals surface area contributed by atoms with E-state index >= 15 is 0 Å². The summed E-state index contributed by atoms with van der Waals surface area (Å²) >= 11 is 0. The minimum atomic E-state index is -2.40. The van der Waals surface area contributed by atoms with Gasteiger partial charge in [-0.1, -0.05) is 94.3 Å². The molecule has 0 saturated carbocycles. The Balaban J connectivity index is 2.23. The predicted molar refractivity (Wildman–Crippen MR) is 118 cm³/mol. The van der Waals surface area contributed by atoms with Crippen molar-refractivity contribution in [3.05, 3.63) is 60.7 Å². The van der Waals surface area contributed by atoms with Crippen molar-refractivity contribution < 1.29 is 9.53 Å². The molecule has 0 amide bonds. The van der Waals surface area contributed by atoms with Crippen molar-refractivity contribution in [1.82, 2.24) is 0 Å². The molecule has 2 rings (SSSR count). The van der Waals surface area contributed by atoms with Gasteiger partial charge >= 0.3 is 0 Å². The van der Waals surface area contributed by atoms with E-state index in [9.17, 15) is 5.11 Å². The van der Waals surface area contributed by atoms with Gasteiger partial charge in [0.1, 0.15) is 0 Å². The van der Waals surface area contributed by atoms with Crippen LogP contribution in [0.15, 0.2) is 60.7 Å². The van der Waals surface area contributed by atoms with Crippen LogP contribution in [-0.2, 0) is 4.43 Å². The van der Waals surface area contributed by atoms with Gasteiger partial charge in [-0.15, -0.1) is 0 Å². The Morgan fingerprint density at radius 1 is 0.741 bits per heavy atom. The highest BCUT2D eigenvalue weighted by molar-refractivity contribution is 6.99. The average molecular weight is 385 g/mol. The molecule has 0 atom stereocenters. The third kappa shape index (κ3) is 5.77. The zero-order valence-corrected chi connectivity index (χ0v) is 18.7. The summed E-state index contributed by atoms with van der Waals surface area (Å²) in [5.41, 5.74) is -0.571. The lowest BCUT2D eigenvalue weighted by molar-refractivity contribution is 0.0676. The van der Waals surface area contributed by atoms with Crippen molar-refractivity contribution in [1.29, 1.82) is 0 Å². The smallest absolute Gasteiger partial charge is 0.261 e. The van der Waals surface area contributed by atoms with Crippen molar-refractivity contribution in [3.8, 4) is 0 Å². The van der Waals surface area contributed by atoms with Crippen LogP contribution in [0.3, 0.4) is 0 Å². The number of benzene rings is 2. The monoisotopic (exact) mass is 384 g/mol. The fourth-order valence-electron chi connectivity index (χ4n) is 3.82. The van der Waals surface area contributed by atoms with Crippen LogP contribution < -0.4 is 10.4 Å². The van der Waals surface area contributed by atoms with E-state index in [1.165, 1.54) is 10.4 Å². The minimum Gasteiger partial charge on any atom is -0.407 e. The maximum Gasteiger partial charge on any atom is 0.261 e. The predicted octanol–water partition coefficient (Wildman–Crippen LogP) is 4.89. The van der Waals surface area contributed by atoms with Crippen LogP contribution in [0.5, 0.6) is 0 Å². The molecule has 2 aromatic carbocycles. The molecule has 148 valence electrons. The van der Waals surface area contributed by atoms with Crippen LogP contribution in [0.4, 0.5) is 0 Å². The Kier molecular flexibility index (Phi) is 7.44. The second-order valence-corrected chi connectivity index (χ2v) is 13.4. The normalized spacial score (nSPS) is 13.0. The lowest BCUT2D eigenvalue weighted by Crippen LogP contribution is -2.66. The van der Waals surface area contributed by atoms with Gasteiger partial charge in [-0.25, -0.2) is 0 Å². The van der Waals surface area contributed by atoms with Crippen molar-refractivity contribution in [2.75, 3.05) is 6.61 Å². The van der Waals surface area contributed by atoms with Crippen LogP contribution in [0, 0.1) is 0 Å². The molecule has 0 heterocycles. The molecule has 0 fully saturated rings. The van der Waals surface area contributed by atoms with Crippen molar-refractivity contribution in [3.63, 3.8) is 0 Å². The molecule has 0 aliphatic rings. The summed E-state index contributed by atoms with van der Waals surface area (Å²) in [5, 5.41) is 12.6. The van der Waals surface area contributed by atoms with Gasteiger partial charge in [-0.2, -0.15) is 0 Å². The first-order valence-electron chi connectivity index (χ1n) is 10.1. The van der Waals surface area contributed by atoms with Gasteiger partial charge in [0, 0.05) is 6.61 Å². The summed E-state index contributed by atoms with van der Waals surface area (Å²) in [5.74, 6) is 0. The maximum atomic E-state index is 9.88. The second-order valence-electron chi connectivity index (χ2n) is 9.13. The van der Waals surface area contributed by atoms with E-state index in [1.807, 2.05) is 13.8 Å². The summed E-state index contributed by atoms with van der Waals surface area (Å²) in [6.45, 7) is 11.5. The molecule has 0 spiro atoms. The third-order valence-corrected chi connectivity index (χ3v) is 10.2. The van der Waals surface area contributed by atoms with Crippen molar-refractivity contribution >= 4 is 18.7 Å². The number of unbranched alkanes of at least 4 members (excludes halogenated alkanes) is 2. The highest BCUT2D eigenvalue weighted by Gasteiger charge is 2.49. The largest absolute Gasteiger partial charge is 0.407 e. The molecule has 0 aromatic heterocycles. The minimum absolute atomic E-state index is 0.0306. The maximum absolute atomic E-state index is 9.88. The Hall–Kier alpha value is -1.42. The molecule has 0 saturated heterocycles. The third-order valence-electron chi connectivity index (χ3n) is 5.17. The number of hydrogen-bond acceptors (Lipinski definition) is 2. The SMILES string of the molecule is CC(C)(O)CCCCCO[Si](c1ccccc1)(c1ccccc1)C(C)(C)C. The van der Waals surface area contributed by atoms with E-state index in [1.54, 1.807) is 0 Å². The highest BCUT2D eigenvalue weighted by atomic mass is 28.4. The van der Waals surface area contributed by atoms with Crippen LogP contribution in [0.25, 0.3) is 0 Å². The fraction of sp³-hybridized carbons (Fsp3) is 0.500. The number of hydrogen-bond donors (Lipinski definition) is 1. The molecular formula is C24H36O2Si. The van der Waals surface area contributed by atoms with E-state index in [0.717, 1.165) is 32.3 Å². The topological polar surface area (TPSA) is 29.5 Å². The van der Waals surface area contributed by atoms with Crippen molar-refractivity contribution in [2.45, 2.75) is 70.9 Å². The zero-order valence-electron chi connectivity index (χ0n) is 17.7. The van der Waals surface area contributed by atoms with Gasteiger partial charge in [0.15, 0.2) is 0 Å². The van der Waals surface area contributed by atoms with E-state index in [-0.39, 0.29) is 5.04 Å². The first kappa shape index (κ1) is 21.9. The first-order chi connectivity index (χ1) is 12.7. The molecule has 0 aliphatic heterocycles. The fourth-order valence-corrected chi connectivity index (χ4v) is 8.43. The Bertz CT molecular complexity index is 630. The van der Waals surface area contributed by atoms with Gasteiger partial charge in [0.05, 0.1) is 5.60 Å². The molecule has 0 unspecified atom stereocenters. The summed E-state index contributed by atoms with van der Waals surface area (Å²) in [6.07, 6.45) is 3.99.